The van der Waals surface area contributed by atoms with Gasteiger partial charge in [0.1, 0.15) is 11.6 Å². The lowest BCUT2D eigenvalue weighted by Gasteiger charge is -2.22. The number of halogens is 2. The van der Waals surface area contributed by atoms with Crippen molar-refractivity contribution in [3.8, 4) is 0 Å². The van der Waals surface area contributed by atoms with Gasteiger partial charge in [-0.25, -0.2) is 8.78 Å². The molecule has 0 radical (unpaired) electrons. The third kappa shape index (κ3) is 5.52. The fourth-order valence-electron chi connectivity index (χ4n) is 2.93. The Morgan fingerprint density at radius 2 is 1.64 bits per heavy atom. The van der Waals surface area contributed by atoms with Crippen LogP contribution in [-0.2, 0) is 9.59 Å². The number of amides is 2. The number of rotatable bonds is 8. The molecule has 0 spiro atoms. The summed E-state index contributed by atoms with van der Waals surface area (Å²) in [5.41, 5.74) is 1.66. The molecule has 2 aromatic rings. The summed E-state index contributed by atoms with van der Waals surface area (Å²) >= 11 is 0. The number of hydrogen-bond acceptors (Lipinski definition) is 3. The molecule has 0 aliphatic carbocycles. The zero-order chi connectivity index (χ0) is 20.7. The Hall–Kier alpha value is -2.96. The number of benzene rings is 2. The minimum absolute atomic E-state index is 0.0126. The van der Waals surface area contributed by atoms with Gasteiger partial charge in [-0.1, -0.05) is 0 Å². The van der Waals surface area contributed by atoms with E-state index in [0.717, 1.165) is 29.7 Å². The summed E-state index contributed by atoms with van der Waals surface area (Å²) in [4.78, 5) is 27.4. The lowest BCUT2D eigenvalue weighted by Crippen LogP contribution is -2.32. The van der Waals surface area contributed by atoms with Gasteiger partial charge < -0.3 is 15.1 Å². The number of carbonyl (C=O) groups is 2. The average molecular weight is 389 g/mol. The molecule has 28 heavy (non-hydrogen) atoms. The van der Waals surface area contributed by atoms with Crippen molar-refractivity contribution in [3.05, 3.63) is 54.1 Å². The van der Waals surface area contributed by atoms with E-state index in [-0.39, 0.29) is 24.6 Å². The first-order chi connectivity index (χ1) is 13.3. The van der Waals surface area contributed by atoms with E-state index < -0.39 is 17.5 Å². The molecule has 2 rings (SSSR count). The molecule has 0 saturated heterocycles. The van der Waals surface area contributed by atoms with Crippen LogP contribution in [0.15, 0.2) is 42.5 Å². The van der Waals surface area contributed by atoms with Crippen molar-refractivity contribution in [1.82, 2.24) is 0 Å². The van der Waals surface area contributed by atoms with Crippen molar-refractivity contribution in [2.24, 2.45) is 0 Å². The molecule has 0 aliphatic heterocycles. The van der Waals surface area contributed by atoms with E-state index in [1.165, 1.54) is 13.0 Å². The Bertz CT molecular complexity index is 821. The summed E-state index contributed by atoms with van der Waals surface area (Å²) in [6.07, 6.45) is -0.0196. The van der Waals surface area contributed by atoms with E-state index >= 15 is 0 Å². The molecule has 0 heterocycles. The van der Waals surface area contributed by atoms with Crippen LogP contribution in [0.4, 0.5) is 25.8 Å². The van der Waals surface area contributed by atoms with Crippen LogP contribution in [0, 0.1) is 11.6 Å². The van der Waals surface area contributed by atoms with Crippen LogP contribution in [0.5, 0.6) is 0 Å². The van der Waals surface area contributed by atoms with Gasteiger partial charge in [-0.2, -0.15) is 0 Å². The second-order valence-electron chi connectivity index (χ2n) is 6.28. The van der Waals surface area contributed by atoms with Crippen LogP contribution in [-0.4, -0.2) is 31.4 Å². The Morgan fingerprint density at radius 3 is 2.18 bits per heavy atom. The van der Waals surface area contributed by atoms with Crippen LogP contribution in [0.25, 0.3) is 0 Å². The molecule has 150 valence electrons. The summed E-state index contributed by atoms with van der Waals surface area (Å²) in [6, 6.07) is 10.5. The van der Waals surface area contributed by atoms with Crippen molar-refractivity contribution in [2.45, 2.75) is 27.2 Å². The van der Waals surface area contributed by atoms with E-state index in [4.69, 9.17) is 0 Å². The molecule has 2 aromatic carbocycles. The van der Waals surface area contributed by atoms with E-state index in [0.29, 0.717) is 11.8 Å². The molecule has 2 amide bonds. The SMILES string of the molecule is CCN(CC)c1ccc(NC(=O)CCN(C(C)=O)c2ccc(F)cc2F)cc1. The highest BCUT2D eigenvalue weighted by molar-refractivity contribution is 5.95. The second-order valence-corrected chi connectivity index (χ2v) is 6.28. The molecular weight excluding hydrogens is 364 g/mol. The summed E-state index contributed by atoms with van der Waals surface area (Å²) in [7, 11) is 0. The van der Waals surface area contributed by atoms with Crippen molar-refractivity contribution >= 4 is 28.9 Å². The summed E-state index contributed by atoms with van der Waals surface area (Å²) in [5.74, 6) is -2.30. The van der Waals surface area contributed by atoms with Crippen molar-refractivity contribution in [3.63, 3.8) is 0 Å². The molecular formula is C21H25F2N3O2. The quantitative estimate of drug-likeness (QED) is 0.736. The van der Waals surface area contributed by atoms with Crippen molar-refractivity contribution in [2.75, 3.05) is 34.8 Å². The van der Waals surface area contributed by atoms with E-state index in [9.17, 15) is 18.4 Å². The van der Waals surface area contributed by atoms with Gasteiger partial charge in [-0.15, -0.1) is 0 Å². The molecule has 1 N–H and O–H groups in total. The van der Waals surface area contributed by atoms with Gasteiger partial charge in [0.15, 0.2) is 0 Å². The molecule has 7 heteroatoms. The predicted octanol–water partition coefficient (Wildman–Crippen LogP) is 4.19. The molecule has 0 atom stereocenters. The maximum atomic E-state index is 14.0. The van der Waals surface area contributed by atoms with Crippen LogP contribution in [0.2, 0.25) is 0 Å². The molecule has 0 unspecified atom stereocenters. The van der Waals surface area contributed by atoms with E-state index in [1.807, 2.05) is 24.3 Å². The monoisotopic (exact) mass is 389 g/mol. The molecule has 0 bridgehead atoms. The van der Waals surface area contributed by atoms with Crippen LogP contribution in [0.3, 0.4) is 0 Å². The standard InChI is InChI=1S/C21H25F2N3O2/c1-4-25(5-2)18-9-7-17(8-10-18)24-21(28)12-13-26(15(3)27)20-11-6-16(22)14-19(20)23/h6-11,14H,4-5,12-13H2,1-3H3,(H,24,28). The Balaban J connectivity index is 1.99. The number of anilines is 3. The lowest BCUT2D eigenvalue weighted by molar-refractivity contribution is -0.117. The van der Waals surface area contributed by atoms with Gasteiger partial charge in [0, 0.05) is 50.4 Å². The summed E-state index contributed by atoms with van der Waals surface area (Å²) in [5, 5.41) is 2.76. The summed E-state index contributed by atoms with van der Waals surface area (Å²) in [6.45, 7) is 7.19. The number of carbonyl (C=O) groups excluding carboxylic acids is 2. The minimum Gasteiger partial charge on any atom is -0.372 e. The fraction of sp³-hybridized carbons (Fsp3) is 0.333. The predicted molar refractivity (Wildman–Crippen MR) is 108 cm³/mol. The molecule has 0 fully saturated rings. The first-order valence-electron chi connectivity index (χ1n) is 9.23. The topological polar surface area (TPSA) is 52.7 Å². The van der Waals surface area contributed by atoms with Crippen molar-refractivity contribution < 1.29 is 18.4 Å². The van der Waals surface area contributed by atoms with Crippen LogP contribution < -0.4 is 15.1 Å². The lowest BCUT2D eigenvalue weighted by atomic mass is 10.2. The third-order valence-electron chi connectivity index (χ3n) is 4.42. The van der Waals surface area contributed by atoms with Gasteiger partial charge in [0.05, 0.1) is 5.69 Å². The van der Waals surface area contributed by atoms with Gasteiger partial charge in [0.25, 0.3) is 0 Å². The fourth-order valence-corrected chi connectivity index (χ4v) is 2.93. The highest BCUT2D eigenvalue weighted by Crippen LogP contribution is 2.21. The highest BCUT2D eigenvalue weighted by Gasteiger charge is 2.17. The molecule has 0 aliphatic rings. The van der Waals surface area contributed by atoms with Gasteiger partial charge in [0.2, 0.25) is 11.8 Å². The van der Waals surface area contributed by atoms with E-state index in [1.54, 1.807) is 0 Å². The number of hydrogen-bond donors (Lipinski definition) is 1. The van der Waals surface area contributed by atoms with Crippen molar-refractivity contribution in [1.29, 1.82) is 0 Å². The largest absolute Gasteiger partial charge is 0.372 e. The second kappa shape index (κ2) is 9.82. The minimum atomic E-state index is -0.845. The number of nitrogens with zero attached hydrogens (tertiary/aromatic N) is 2. The average Bonchev–Trinajstić information content (AvgIpc) is 2.65. The zero-order valence-electron chi connectivity index (χ0n) is 16.3. The maximum absolute atomic E-state index is 14.0. The molecule has 0 saturated carbocycles. The molecule has 0 aromatic heterocycles. The highest BCUT2D eigenvalue weighted by atomic mass is 19.1. The first kappa shape index (κ1) is 21.3. The Labute approximate surface area is 163 Å². The van der Waals surface area contributed by atoms with Gasteiger partial charge >= 0.3 is 0 Å². The first-order valence-corrected chi connectivity index (χ1v) is 9.23. The normalized spacial score (nSPS) is 10.5. The smallest absolute Gasteiger partial charge is 0.226 e. The number of nitrogens with one attached hydrogen (secondary N) is 1. The van der Waals surface area contributed by atoms with Gasteiger partial charge in [-0.3, -0.25) is 9.59 Å². The van der Waals surface area contributed by atoms with Crippen LogP contribution >= 0.6 is 0 Å². The Kier molecular flexibility index (Phi) is 7.49. The van der Waals surface area contributed by atoms with E-state index in [2.05, 4.69) is 24.1 Å². The van der Waals surface area contributed by atoms with Gasteiger partial charge in [-0.05, 0) is 50.2 Å². The Morgan fingerprint density at radius 1 is 1.00 bits per heavy atom. The molecule has 5 nitrogen and oxygen atoms in total. The third-order valence-corrected chi connectivity index (χ3v) is 4.42. The maximum Gasteiger partial charge on any atom is 0.226 e. The summed E-state index contributed by atoms with van der Waals surface area (Å²) < 4.78 is 27.0. The van der Waals surface area contributed by atoms with Crippen LogP contribution in [0.1, 0.15) is 27.2 Å². The zero-order valence-corrected chi connectivity index (χ0v) is 16.3.